The van der Waals surface area contributed by atoms with E-state index in [1.54, 1.807) is 0 Å². The SMILES string of the molecule is [CH2]C(C)(CC)C(C)C. The van der Waals surface area contributed by atoms with E-state index in [4.69, 9.17) is 0 Å². The van der Waals surface area contributed by atoms with Gasteiger partial charge in [-0.05, 0) is 18.3 Å². The van der Waals surface area contributed by atoms with Crippen LogP contribution in [0.25, 0.3) is 0 Å². The van der Waals surface area contributed by atoms with Crippen LogP contribution in [-0.2, 0) is 0 Å². The van der Waals surface area contributed by atoms with Crippen molar-refractivity contribution >= 4 is 0 Å². The maximum Gasteiger partial charge on any atom is -0.0305 e. The molecule has 0 amide bonds. The lowest BCUT2D eigenvalue weighted by Gasteiger charge is -2.26. The van der Waals surface area contributed by atoms with Crippen LogP contribution in [0.2, 0.25) is 0 Å². The second-order valence-electron chi connectivity index (χ2n) is 3.16. The second kappa shape index (κ2) is 2.52. The highest BCUT2D eigenvalue weighted by Crippen LogP contribution is 2.28. The molecule has 0 aliphatic heterocycles. The summed E-state index contributed by atoms with van der Waals surface area (Å²) in [5, 5.41) is 0. The lowest BCUT2D eigenvalue weighted by Crippen LogP contribution is -2.17. The molecule has 8 heavy (non-hydrogen) atoms. The first kappa shape index (κ1) is 8.00. The van der Waals surface area contributed by atoms with Crippen molar-refractivity contribution in [2.45, 2.75) is 34.1 Å². The van der Waals surface area contributed by atoms with E-state index in [1.165, 1.54) is 6.42 Å². The van der Waals surface area contributed by atoms with Crippen LogP contribution in [0.4, 0.5) is 0 Å². The van der Waals surface area contributed by atoms with Gasteiger partial charge in [-0.2, -0.15) is 0 Å². The van der Waals surface area contributed by atoms with E-state index in [9.17, 15) is 0 Å². The molecule has 0 heterocycles. The summed E-state index contributed by atoms with van der Waals surface area (Å²) in [6.07, 6.45) is 1.17. The third-order valence-corrected chi connectivity index (χ3v) is 2.20. The molecule has 1 unspecified atom stereocenters. The van der Waals surface area contributed by atoms with Crippen molar-refractivity contribution in [2.24, 2.45) is 11.3 Å². The van der Waals surface area contributed by atoms with Gasteiger partial charge in [-0.3, -0.25) is 0 Å². The predicted octanol–water partition coefficient (Wildman–Crippen LogP) is 2.89. The minimum atomic E-state index is 0.292. The Balaban J connectivity index is 3.71. The van der Waals surface area contributed by atoms with Gasteiger partial charge in [-0.15, -0.1) is 0 Å². The van der Waals surface area contributed by atoms with Crippen molar-refractivity contribution < 1.29 is 0 Å². The summed E-state index contributed by atoms with van der Waals surface area (Å²) in [6, 6.07) is 0. The Hall–Kier alpha value is 0. The molecule has 0 rings (SSSR count). The van der Waals surface area contributed by atoms with Crippen LogP contribution in [-0.4, -0.2) is 0 Å². The zero-order valence-electron chi connectivity index (χ0n) is 6.49. The van der Waals surface area contributed by atoms with Crippen molar-refractivity contribution in [2.75, 3.05) is 0 Å². The summed E-state index contributed by atoms with van der Waals surface area (Å²) in [5.41, 5.74) is 0.292. The van der Waals surface area contributed by atoms with Crippen LogP contribution in [0.1, 0.15) is 34.1 Å². The highest BCUT2D eigenvalue weighted by molar-refractivity contribution is 4.77. The predicted molar refractivity (Wildman–Crippen MR) is 38.6 cm³/mol. The van der Waals surface area contributed by atoms with E-state index in [0.29, 0.717) is 11.3 Å². The van der Waals surface area contributed by atoms with Gasteiger partial charge in [0.15, 0.2) is 0 Å². The van der Waals surface area contributed by atoms with Gasteiger partial charge in [0.2, 0.25) is 0 Å². The van der Waals surface area contributed by atoms with Gasteiger partial charge < -0.3 is 0 Å². The summed E-state index contributed by atoms with van der Waals surface area (Å²) in [5.74, 6) is 0.701. The van der Waals surface area contributed by atoms with Crippen LogP contribution in [0.5, 0.6) is 0 Å². The molecule has 0 N–H and O–H groups in total. The fraction of sp³-hybridized carbons (Fsp3) is 0.875. The summed E-state index contributed by atoms with van der Waals surface area (Å²) in [4.78, 5) is 0. The molecule has 0 saturated carbocycles. The van der Waals surface area contributed by atoms with Gasteiger partial charge in [-0.25, -0.2) is 0 Å². The number of hydrogen-bond acceptors (Lipinski definition) is 0. The van der Waals surface area contributed by atoms with E-state index < -0.39 is 0 Å². The lowest BCUT2D eigenvalue weighted by molar-refractivity contribution is 0.283. The van der Waals surface area contributed by atoms with E-state index in [1.807, 2.05) is 0 Å². The van der Waals surface area contributed by atoms with Gasteiger partial charge >= 0.3 is 0 Å². The van der Waals surface area contributed by atoms with Gasteiger partial charge in [0.1, 0.15) is 0 Å². The molecule has 0 saturated heterocycles. The fourth-order valence-electron chi connectivity index (χ4n) is 0.408. The molecule has 0 fully saturated rings. The normalized spacial score (nSPS) is 12.8. The van der Waals surface area contributed by atoms with Gasteiger partial charge in [0.05, 0.1) is 0 Å². The quantitative estimate of drug-likeness (QED) is 0.516. The molecular formula is C8H17. The lowest BCUT2D eigenvalue weighted by atomic mass is 9.79. The molecule has 0 aromatic heterocycles. The van der Waals surface area contributed by atoms with E-state index in [-0.39, 0.29) is 0 Å². The zero-order valence-corrected chi connectivity index (χ0v) is 6.49. The third-order valence-electron chi connectivity index (χ3n) is 2.20. The molecule has 0 nitrogen and oxygen atoms in total. The molecule has 1 atom stereocenters. The van der Waals surface area contributed by atoms with E-state index in [2.05, 4.69) is 34.6 Å². The third kappa shape index (κ3) is 1.85. The monoisotopic (exact) mass is 113 g/mol. The van der Waals surface area contributed by atoms with Crippen molar-refractivity contribution in [3.8, 4) is 0 Å². The molecule has 0 bridgehead atoms. The molecule has 0 aliphatic rings. The zero-order chi connectivity index (χ0) is 6.78. The molecule has 0 spiro atoms. The highest BCUT2D eigenvalue weighted by atomic mass is 14.2. The van der Waals surface area contributed by atoms with Crippen molar-refractivity contribution in [1.82, 2.24) is 0 Å². The standard InChI is InChI=1S/C8H17/c1-6-8(4,5)7(2)3/h7H,4,6H2,1-3,5H3. The van der Waals surface area contributed by atoms with Crippen molar-refractivity contribution in [3.05, 3.63) is 6.92 Å². The Morgan fingerprint density at radius 1 is 1.50 bits per heavy atom. The first-order valence-corrected chi connectivity index (χ1v) is 3.36. The smallest absolute Gasteiger partial charge is 0.0305 e. The number of hydrogen-bond donors (Lipinski definition) is 0. The van der Waals surface area contributed by atoms with Crippen molar-refractivity contribution in [3.63, 3.8) is 0 Å². The fourth-order valence-corrected chi connectivity index (χ4v) is 0.408. The Kier molecular flexibility index (Phi) is 2.52. The molecule has 49 valence electrons. The first-order valence-electron chi connectivity index (χ1n) is 3.36. The Labute approximate surface area is 53.3 Å². The maximum atomic E-state index is 4.09. The highest BCUT2D eigenvalue weighted by Gasteiger charge is 2.18. The second-order valence-corrected chi connectivity index (χ2v) is 3.16. The van der Waals surface area contributed by atoms with Gasteiger partial charge in [0, 0.05) is 0 Å². The average Bonchev–Trinajstić information content (AvgIpc) is 1.67. The van der Waals surface area contributed by atoms with Gasteiger partial charge in [0.25, 0.3) is 0 Å². The summed E-state index contributed by atoms with van der Waals surface area (Å²) >= 11 is 0. The molecule has 0 heteroatoms. The number of rotatable bonds is 2. The summed E-state index contributed by atoms with van der Waals surface area (Å²) < 4.78 is 0. The Morgan fingerprint density at radius 2 is 1.88 bits per heavy atom. The largest absolute Gasteiger partial charge is 0.0649 e. The van der Waals surface area contributed by atoms with Crippen LogP contribution >= 0.6 is 0 Å². The van der Waals surface area contributed by atoms with Crippen molar-refractivity contribution in [1.29, 1.82) is 0 Å². The molecule has 0 aromatic rings. The van der Waals surface area contributed by atoms with Gasteiger partial charge in [-0.1, -0.05) is 34.1 Å². The van der Waals surface area contributed by atoms with Crippen LogP contribution in [0.3, 0.4) is 0 Å². The van der Waals surface area contributed by atoms with Crippen LogP contribution in [0, 0.1) is 18.3 Å². The van der Waals surface area contributed by atoms with E-state index in [0.717, 1.165) is 0 Å². The minimum absolute atomic E-state index is 0.292. The minimum Gasteiger partial charge on any atom is -0.0649 e. The Morgan fingerprint density at radius 3 is 1.88 bits per heavy atom. The molecule has 1 radical (unpaired) electrons. The first-order chi connectivity index (χ1) is 3.50. The van der Waals surface area contributed by atoms with E-state index >= 15 is 0 Å². The maximum absolute atomic E-state index is 4.09. The Bertz CT molecular complexity index is 60.4. The van der Waals surface area contributed by atoms with Crippen LogP contribution in [0.15, 0.2) is 0 Å². The molecular weight excluding hydrogens is 96.1 g/mol. The average molecular weight is 113 g/mol. The topological polar surface area (TPSA) is 0 Å². The summed E-state index contributed by atoms with van der Waals surface area (Å²) in [6.45, 7) is 12.9. The molecule has 0 aliphatic carbocycles. The summed E-state index contributed by atoms with van der Waals surface area (Å²) in [7, 11) is 0. The van der Waals surface area contributed by atoms with Crippen LogP contribution < -0.4 is 0 Å². The molecule has 0 aromatic carbocycles.